The fraction of sp³-hybridized carbons (Fsp3) is 0.737. The number of hydrogen-bond donors (Lipinski definition) is 1. The number of aromatic amines is 1. The molecule has 2 aliphatic rings. The van der Waals surface area contributed by atoms with E-state index in [9.17, 15) is 9.59 Å². The van der Waals surface area contributed by atoms with Crippen LogP contribution in [0.5, 0.6) is 0 Å². The van der Waals surface area contributed by atoms with Crippen LogP contribution < -0.4 is 10.5 Å². The molecule has 26 heavy (non-hydrogen) atoms. The van der Waals surface area contributed by atoms with Crippen LogP contribution in [0.4, 0.5) is 5.95 Å². The van der Waals surface area contributed by atoms with Crippen LogP contribution in [-0.2, 0) is 16.0 Å². The number of rotatable bonds is 4. The van der Waals surface area contributed by atoms with Crippen molar-refractivity contribution in [2.45, 2.75) is 40.0 Å². The van der Waals surface area contributed by atoms with Crippen molar-refractivity contribution >= 4 is 11.9 Å². The van der Waals surface area contributed by atoms with Crippen molar-refractivity contribution in [1.82, 2.24) is 14.9 Å². The Morgan fingerprint density at radius 1 is 1.23 bits per heavy atom. The topological polar surface area (TPSA) is 78.5 Å². The lowest BCUT2D eigenvalue weighted by Crippen LogP contribution is -2.42. The number of aryl methyl sites for hydroxylation is 1. The Hall–Kier alpha value is -1.89. The van der Waals surface area contributed by atoms with Gasteiger partial charge >= 0.3 is 0 Å². The molecule has 1 amide bonds. The van der Waals surface area contributed by atoms with Gasteiger partial charge in [-0.2, -0.15) is 0 Å². The number of aromatic nitrogens is 2. The van der Waals surface area contributed by atoms with E-state index < -0.39 is 0 Å². The Balaban J connectivity index is 1.64. The van der Waals surface area contributed by atoms with Crippen molar-refractivity contribution in [3.63, 3.8) is 0 Å². The minimum Gasteiger partial charge on any atom is -0.378 e. The molecule has 0 saturated carbocycles. The van der Waals surface area contributed by atoms with Gasteiger partial charge in [0.25, 0.3) is 5.56 Å². The predicted molar refractivity (Wildman–Crippen MR) is 100 cm³/mol. The summed E-state index contributed by atoms with van der Waals surface area (Å²) in [5.41, 5.74) is 1.20. The lowest BCUT2D eigenvalue weighted by Gasteiger charge is -2.35. The number of H-pyrrole nitrogens is 1. The van der Waals surface area contributed by atoms with Crippen LogP contribution in [0.1, 0.15) is 37.9 Å². The fourth-order valence-corrected chi connectivity index (χ4v) is 4.07. The van der Waals surface area contributed by atoms with Gasteiger partial charge in [0, 0.05) is 43.9 Å². The van der Waals surface area contributed by atoms with Gasteiger partial charge in [-0.15, -0.1) is 0 Å². The van der Waals surface area contributed by atoms with Gasteiger partial charge in [-0.1, -0.05) is 13.8 Å². The van der Waals surface area contributed by atoms with E-state index in [-0.39, 0.29) is 11.5 Å². The van der Waals surface area contributed by atoms with E-state index >= 15 is 0 Å². The zero-order valence-electron chi connectivity index (χ0n) is 16.1. The summed E-state index contributed by atoms with van der Waals surface area (Å²) in [5.74, 6) is 1.83. The lowest BCUT2D eigenvalue weighted by atomic mass is 9.91. The minimum absolute atomic E-state index is 0.132. The highest BCUT2D eigenvalue weighted by atomic mass is 16.5. The van der Waals surface area contributed by atoms with E-state index in [1.54, 1.807) is 0 Å². The summed E-state index contributed by atoms with van der Waals surface area (Å²) < 4.78 is 5.34. The van der Waals surface area contributed by atoms with Crippen molar-refractivity contribution in [1.29, 1.82) is 0 Å². The molecule has 7 nitrogen and oxygen atoms in total. The number of anilines is 1. The van der Waals surface area contributed by atoms with Crippen molar-refractivity contribution in [3.8, 4) is 0 Å². The van der Waals surface area contributed by atoms with Crippen LogP contribution in [0, 0.1) is 18.8 Å². The van der Waals surface area contributed by atoms with Gasteiger partial charge in [0.2, 0.25) is 11.9 Å². The summed E-state index contributed by atoms with van der Waals surface area (Å²) >= 11 is 0. The number of hydrogen-bond acceptors (Lipinski definition) is 5. The van der Waals surface area contributed by atoms with E-state index in [2.05, 4.69) is 23.8 Å². The fourth-order valence-electron chi connectivity index (χ4n) is 4.07. The van der Waals surface area contributed by atoms with Crippen LogP contribution in [0.15, 0.2) is 4.79 Å². The van der Waals surface area contributed by atoms with Crippen LogP contribution in [0.3, 0.4) is 0 Å². The number of likely N-dealkylation sites (tertiary alicyclic amines) is 1. The number of nitrogens with zero attached hydrogens (tertiary/aromatic N) is 3. The second-order valence-electron chi connectivity index (χ2n) is 7.80. The molecule has 0 aromatic carbocycles. The molecule has 3 heterocycles. The first-order valence-corrected chi connectivity index (χ1v) is 9.64. The SMILES string of the molecule is Cc1nc(N2CCOCC2)[nH]c(=O)c1CCC(=O)N1C[C@H](C)C[C@@H](C)C1. The molecule has 144 valence electrons. The number of nitrogens with one attached hydrogen (secondary N) is 1. The molecular formula is C19H30N4O3. The van der Waals surface area contributed by atoms with E-state index in [0.717, 1.165) is 26.2 Å². The third kappa shape index (κ3) is 4.44. The molecule has 1 aromatic heterocycles. The number of carbonyl (C=O) groups excluding carboxylic acids is 1. The molecule has 7 heteroatoms. The first-order valence-electron chi connectivity index (χ1n) is 9.64. The number of amides is 1. The summed E-state index contributed by atoms with van der Waals surface area (Å²) in [6, 6.07) is 0. The molecule has 3 rings (SSSR count). The number of ether oxygens (including phenoxy) is 1. The van der Waals surface area contributed by atoms with Gasteiger partial charge in [-0.05, 0) is 31.6 Å². The smallest absolute Gasteiger partial charge is 0.255 e. The average molecular weight is 362 g/mol. The highest BCUT2D eigenvalue weighted by molar-refractivity contribution is 5.76. The lowest BCUT2D eigenvalue weighted by molar-refractivity contribution is -0.133. The molecule has 2 aliphatic heterocycles. The van der Waals surface area contributed by atoms with Crippen LogP contribution in [0.2, 0.25) is 0 Å². The highest BCUT2D eigenvalue weighted by Gasteiger charge is 2.25. The number of carbonyl (C=O) groups is 1. The van der Waals surface area contributed by atoms with Gasteiger partial charge < -0.3 is 14.5 Å². The largest absolute Gasteiger partial charge is 0.378 e. The van der Waals surface area contributed by atoms with E-state index in [1.165, 1.54) is 6.42 Å². The summed E-state index contributed by atoms with van der Waals surface area (Å²) in [6.07, 6.45) is 1.98. The number of piperidine rings is 1. The summed E-state index contributed by atoms with van der Waals surface area (Å²) in [7, 11) is 0. The molecule has 2 saturated heterocycles. The van der Waals surface area contributed by atoms with E-state index in [1.807, 2.05) is 16.7 Å². The van der Waals surface area contributed by atoms with Crippen LogP contribution in [-0.4, -0.2) is 60.2 Å². The van der Waals surface area contributed by atoms with Gasteiger partial charge in [-0.25, -0.2) is 4.98 Å². The average Bonchev–Trinajstić information content (AvgIpc) is 2.60. The molecule has 1 N–H and O–H groups in total. The van der Waals surface area contributed by atoms with Gasteiger partial charge in [-0.3, -0.25) is 14.6 Å². The van der Waals surface area contributed by atoms with Gasteiger partial charge in [0.15, 0.2) is 0 Å². The monoisotopic (exact) mass is 362 g/mol. The Morgan fingerprint density at radius 3 is 2.50 bits per heavy atom. The Labute approximate surface area is 154 Å². The van der Waals surface area contributed by atoms with Crippen molar-refractivity contribution in [2.75, 3.05) is 44.3 Å². The molecular weight excluding hydrogens is 332 g/mol. The molecule has 0 unspecified atom stereocenters. The molecule has 1 aromatic rings. The van der Waals surface area contributed by atoms with Crippen LogP contribution >= 0.6 is 0 Å². The summed E-state index contributed by atoms with van der Waals surface area (Å²) in [5, 5.41) is 0. The Bertz CT molecular complexity index is 687. The Kier molecular flexibility index (Phi) is 5.96. The third-order valence-corrected chi connectivity index (χ3v) is 5.33. The molecule has 2 atom stereocenters. The Morgan fingerprint density at radius 2 is 1.88 bits per heavy atom. The quantitative estimate of drug-likeness (QED) is 0.875. The summed E-state index contributed by atoms with van der Waals surface area (Å²) in [6.45, 7) is 10.6. The first-order chi connectivity index (χ1) is 12.4. The van der Waals surface area contributed by atoms with Crippen molar-refractivity contribution in [3.05, 3.63) is 21.6 Å². The molecule has 0 aliphatic carbocycles. The maximum Gasteiger partial charge on any atom is 0.255 e. The predicted octanol–water partition coefficient (Wildman–Crippen LogP) is 1.35. The summed E-state index contributed by atoms with van der Waals surface area (Å²) in [4.78, 5) is 36.5. The van der Waals surface area contributed by atoms with Gasteiger partial charge in [0.1, 0.15) is 0 Å². The molecule has 0 radical (unpaired) electrons. The molecule has 0 bridgehead atoms. The minimum atomic E-state index is -0.132. The maximum absolute atomic E-state index is 12.6. The second kappa shape index (κ2) is 8.20. The van der Waals surface area contributed by atoms with Crippen molar-refractivity contribution in [2.24, 2.45) is 11.8 Å². The second-order valence-corrected chi connectivity index (χ2v) is 7.80. The highest BCUT2D eigenvalue weighted by Crippen LogP contribution is 2.22. The molecule has 2 fully saturated rings. The van der Waals surface area contributed by atoms with E-state index in [4.69, 9.17) is 4.74 Å². The van der Waals surface area contributed by atoms with Crippen molar-refractivity contribution < 1.29 is 9.53 Å². The molecule has 0 spiro atoms. The van der Waals surface area contributed by atoms with Crippen LogP contribution in [0.25, 0.3) is 0 Å². The van der Waals surface area contributed by atoms with Gasteiger partial charge in [0.05, 0.1) is 13.2 Å². The maximum atomic E-state index is 12.6. The zero-order chi connectivity index (χ0) is 18.7. The first kappa shape index (κ1) is 18.9. The standard InChI is InChI=1S/C19H30N4O3/c1-13-10-14(2)12-23(11-13)17(24)5-4-16-15(3)20-19(21-18(16)25)22-6-8-26-9-7-22/h13-14H,4-12H2,1-3H3,(H,20,21,25)/t13-,14-/m1/s1. The normalized spacial score (nSPS) is 24.0. The van der Waals surface area contributed by atoms with E-state index in [0.29, 0.717) is 55.1 Å². The zero-order valence-corrected chi connectivity index (χ0v) is 16.1. The number of morpholine rings is 1. The third-order valence-electron chi connectivity index (χ3n) is 5.33.